The van der Waals surface area contributed by atoms with E-state index in [1.165, 1.54) is 11.8 Å². The number of aromatic nitrogens is 2. The maximum Gasteiger partial charge on any atom is 0.260 e. The van der Waals surface area contributed by atoms with Crippen LogP contribution in [0.1, 0.15) is 25.1 Å². The highest BCUT2D eigenvalue weighted by Crippen LogP contribution is 2.23. The predicted molar refractivity (Wildman–Crippen MR) is 75.6 cm³/mol. The van der Waals surface area contributed by atoms with E-state index in [1.54, 1.807) is 18.3 Å². The number of nitrogens with zero attached hydrogens (tertiary/aromatic N) is 1. The van der Waals surface area contributed by atoms with Crippen LogP contribution in [-0.4, -0.2) is 21.5 Å². The summed E-state index contributed by atoms with van der Waals surface area (Å²) in [6.45, 7) is 3.62. The van der Waals surface area contributed by atoms with E-state index in [2.05, 4.69) is 16.9 Å². The highest BCUT2D eigenvalue weighted by Gasteiger charge is 2.08. The fraction of sp³-hybridized carbons (Fsp3) is 0.417. The van der Waals surface area contributed by atoms with Crippen molar-refractivity contribution in [3.05, 3.63) is 21.3 Å². The molecule has 0 aliphatic heterocycles. The molecule has 0 saturated carbocycles. The second-order valence-electron chi connectivity index (χ2n) is 3.96. The van der Waals surface area contributed by atoms with Gasteiger partial charge >= 0.3 is 0 Å². The maximum absolute atomic E-state index is 11.9. The number of fused-ring (bicyclic) bond motifs is 1. The molecule has 6 heteroatoms. The normalized spacial score (nSPS) is 11.0. The lowest BCUT2D eigenvalue weighted by molar-refractivity contribution is -0.116. The monoisotopic (exact) mass is 282 g/mol. The van der Waals surface area contributed by atoms with Crippen LogP contribution < -0.4 is 5.56 Å². The molecule has 2 heterocycles. The summed E-state index contributed by atoms with van der Waals surface area (Å²) >= 11 is 2.97. The number of thiophene rings is 1. The van der Waals surface area contributed by atoms with E-state index in [0.29, 0.717) is 22.7 Å². The van der Waals surface area contributed by atoms with Crippen LogP contribution in [0, 0.1) is 0 Å². The molecule has 18 heavy (non-hydrogen) atoms. The van der Waals surface area contributed by atoms with E-state index in [0.717, 1.165) is 16.1 Å². The zero-order valence-electron chi connectivity index (χ0n) is 10.3. The Hall–Kier alpha value is -1.14. The number of H-pyrrole nitrogens is 1. The van der Waals surface area contributed by atoms with Gasteiger partial charge in [-0.3, -0.25) is 9.59 Å². The molecule has 96 valence electrons. The topological polar surface area (TPSA) is 62.8 Å². The highest BCUT2D eigenvalue weighted by atomic mass is 32.2. The van der Waals surface area contributed by atoms with Crippen LogP contribution in [0.3, 0.4) is 0 Å². The summed E-state index contributed by atoms with van der Waals surface area (Å²) in [7, 11) is 0. The zero-order valence-corrected chi connectivity index (χ0v) is 11.9. The molecule has 2 aromatic rings. The summed E-state index contributed by atoms with van der Waals surface area (Å²) in [6, 6.07) is 1.90. The third kappa shape index (κ3) is 3.00. The van der Waals surface area contributed by atoms with Gasteiger partial charge in [0.05, 0.1) is 5.39 Å². The molecule has 0 radical (unpaired) electrons. The molecule has 0 aliphatic rings. The fourth-order valence-electron chi connectivity index (χ4n) is 1.50. The molecule has 0 aromatic carbocycles. The molecule has 0 amide bonds. The SMILES string of the molecule is CCc1cc2c(=O)[nH]c(SCCC(C)=O)nc2s1. The zero-order chi connectivity index (χ0) is 13.1. The number of aryl methyl sites for hydroxylation is 1. The van der Waals surface area contributed by atoms with Crippen LogP contribution in [0.25, 0.3) is 10.2 Å². The van der Waals surface area contributed by atoms with Gasteiger partial charge in [-0.2, -0.15) is 0 Å². The Kier molecular flexibility index (Phi) is 4.19. The van der Waals surface area contributed by atoms with E-state index in [9.17, 15) is 9.59 Å². The lowest BCUT2D eigenvalue weighted by Crippen LogP contribution is -2.07. The minimum atomic E-state index is -0.0960. The Morgan fingerprint density at radius 3 is 3.00 bits per heavy atom. The molecule has 0 spiro atoms. The number of carbonyl (C=O) groups is 1. The molecular formula is C12H14N2O2S2. The number of ketones is 1. The molecule has 1 N–H and O–H groups in total. The van der Waals surface area contributed by atoms with Crippen molar-refractivity contribution in [2.45, 2.75) is 31.8 Å². The summed E-state index contributed by atoms with van der Waals surface area (Å²) in [5.74, 6) is 0.797. The summed E-state index contributed by atoms with van der Waals surface area (Å²) in [5, 5.41) is 1.26. The van der Waals surface area contributed by atoms with Crippen molar-refractivity contribution in [2.75, 3.05) is 5.75 Å². The lowest BCUT2D eigenvalue weighted by atomic mass is 10.3. The largest absolute Gasteiger partial charge is 0.301 e. The number of hydrogen-bond donors (Lipinski definition) is 1. The third-order valence-electron chi connectivity index (χ3n) is 2.47. The first-order valence-electron chi connectivity index (χ1n) is 5.75. The van der Waals surface area contributed by atoms with Gasteiger partial charge in [0.1, 0.15) is 10.6 Å². The molecule has 0 atom stereocenters. The van der Waals surface area contributed by atoms with Crippen LogP contribution >= 0.6 is 23.1 Å². The number of nitrogens with one attached hydrogen (secondary N) is 1. The number of thioether (sulfide) groups is 1. The summed E-state index contributed by atoms with van der Waals surface area (Å²) in [5.41, 5.74) is -0.0960. The Balaban J connectivity index is 2.25. The van der Waals surface area contributed by atoms with Crippen LogP contribution in [0.15, 0.2) is 16.0 Å². The molecule has 0 fully saturated rings. The predicted octanol–water partition coefficient (Wildman–Crippen LogP) is 2.62. The van der Waals surface area contributed by atoms with Crippen molar-refractivity contribution < 1.29 is 4.79 Å². The quantitative estimate of drug-likeness (QED) is 0.676. The Bertz CT molecular complexity index is 631. The number of hydrogen-bond acceptors (Lipinski definition) is 5. The molecular weight excluding hydrogens is 268 g/mol. The summed E-state index contributed by atoms with van der Waals surface area (Å²) < 4.78 is 0. The maximum atomic E-state index is 11.9. The molecule has 0 unspecified atom stereocenters. The van der Waals surface area contributed by atoms with E-state index >= 15 is 0 Å². The summed E-state index contributed by atoms with van der Waals surface area (Å²) in [6.07, 6.45) is 1.41. The number of carbonyl (C=O) groups excluding carboxylic acids is 1. The van der Waals surface area contributed by atoms with Gasteiger partial charge in [0, 0.05) is 17.1 Å². The molecule has 4 nitrogen and oxygen atoms in total. The van der Waals surface area contributed by atoms with Gasteiger partial charge in [-0.15, -0.1) is 11.3 Å². The van der Waals surface area contributed by atoms with Gasteiger partial charge in [0.2, 0.25) is 0 Å². The van der Waals surface area contributed by atoms with Gasteiger partial charge in [0.15, 0.2) is 5.16 Å². The van der Waals surface area contributed by atoms with E-state index < -0.39 is 0 Å². The third-order valence-corrected chi connectivity index (χ3v) is 4.52. The van der Waals surface area contributed by atoms with Gasteiger partial charge in [-0.25, -0.2) is 4.98 Å². The minimum absolute atomic E-state index is 0.0960. The molecule has 2 rings (SSSR count). The Labute approximate surface area is 113 Å². The molecule has 0 bridgehead atoms. The Morgan fingerprint density at radius 1 is 1.56 bits per heavy atom. The minimum Gasteiger partial charge on any atom is -0.301 e. The van der Waals surface area contributed by atoms with Crippen molar-refractivity contribution in [1.29, 1.82) is 0 Å². The van der Waals surface area contributed by atoms with E-state index in [4.69, 9.17) is 0 Å². The van der Waals surface area contributed by atoms with Crippen LogP contribution in [0.2, 0.25) is 0 Å². The van der Waals surface area contributed by atoms with Crippen LogP contribution in [0.4, 0.5) is 0 Å². The first kappa shape index (κ1) is 13.3. The second kappa shape index (κ2) is 5.67. The molecule has 0 saturated heterocycles. The average Bonchev–Trinajstić information content (AvgIpc) is 2.72. The van der Waals surface area contributed by atoms with Crippen molar-refractivity contribution in [3.63, 3.8) is 0 Å². The van der Waals surface area contributed by atoms with Gasteiger partial charge in [-0.05, 0) is 19.4 Å². The van der Waals surface area contributed by atoms with Crippen molar-refractivity contribution >= 4 is 39.1 Å². The van der Waals surface area contributed by atoms with Crippen LogP contribution in [-0.2, 0) is 11.2 Å². The fourth-order valence-corrected chi connectivity index (χ4v) is 3.43. The standard InChI is InChI=1S/C12H14N2O2S2/c1-3-8-6-9-10(16)13-12(14-11(9)18-8)17-5-4-7(2)15/h6H,3-5H2,1-2H3,(H,13,14,16). The average molecular weight is 282 g/mol. The van der Waals surface area contributed by atoms with Gasteiger partial charge in [-0.1, -0.05) is 18.7 Å². The first-order chi connectivity index (χ1) is 8.60. The number of Topliss-reactive ketones (excluding diaryl/α,β-unsaturated/α-hetero) is 1. The molecule has 2 aromatic heterocycles. The molecule has 0 aliphatic carbocycles. The lowest BCUT2D eigenvalue weighted by Gasteiger charge is -1.98. The van der Waals surface area contributed by atoms with Crippen LogP contribution in [0.5, 0.6) is 0 Å². The smallest absolute Gasteiger partial charge is 0.260 e. The highest BCUT2D eigenvalue weighted by molar-refractivity contribution is 7.99. The van der Waals surface area contributed by atoms with E-state index in [1.807, 2.05) is 6.07 Å². The number of aromatic amines is 1. The van der Waals surface area contributed by atoms with Gasteiger partial charge < -0.3 is 4.98 Å². The van der Waals surface area contributed by atoms with Crippen molar-refractivity contribution in [3.8, 4) is 0 Å². The number of rotatable bonds is 5. The first-order valence-corrected chi connectivity index (χ1v) is 7.55. The van der Waals surface area contributed by atoms with Gasteiger partial charge in [0.25, 0.3) is 5.56 Å². The summed E-state index contributed by atoms with van der Waals surface area (Å²) in [4.78, 5) is 31.8. The van der Waals surface area contributed by atoms with Crippen molar-refractivity contribution in [1.82, 2.24) is 9.97 Å². The Morgan fingerprint density at radius 2 is 2.33 bits per heavy atom. The second-order valence-corrected chi connectivity index (χ2v) is 6.16. The van der Waals surface area contributed by atoms with Crippen molar-refractivity contribution in [2.24, 2.45) is 0 Å². The van der Waals surface area contributed by atoms with E-state index in [-0.39, 0.29) is 11.3 Å².